The van der Waals surface area contributed by atoms with Crippen LogP contribution < -0.4 is 5.73 Å². The van der Waals surface area contributed by atoms with E-state index in [0.29, 0.717) is 28.2 Å². The minimum Gasteiger partial charge on any atom is -0.339 e. The van der Waals surface area contributed by atoms with Gasteiger partial charge in [-0.05, 0) is 31.0 Å². The number of halogens is 2. The molecule has 0 saturated heterocycles. The highest BCUT2D eigenvalue weighted by Gasteiger charge is 2.31. The van der Waals surface area contributed by atoms with Crippen LogP contribution in [0.5, 0.6) is 0 Å². The Labute approximate surface area is 127 Å². The SMILES string of the molecule is NC1(Cc2nc(-c3cc(Cl)cc(Cl)c3)no2)CCCC1. The Balaban J connectivity index is 1.82. The van der Waals surface area contributed by atoms with E-state index in [2.05, 4.69) is 10.1 Å². The van der Waals surface area contributed by atoms with E-state index in [1.54, 1.807) is 18.2 Å². The minimum atomic E-state index is -0.199. The molecule has 0 bridgehead atoms. The second-order valence-corrected chi connectivity index (χ2v) is 6.29. The van der Waals surface area contributed by atoms with Crippen LogP contribution in [0.25, 0.3) is 11.4 Å². The molecule has 6 heteroatoms. The molecule has 1 aromatic heterocycles. The summed E-state index contributed by atoms with van der Waals surface area (Å²) in [4.78, 5) is 4.40. The lowest BCUT2D eigenvalue weighted by molar-refractivity contribution is 0.329. The Kier molecular flexibility index (Phi) is 3.71. The number of hydrogen-bond acceptors (Lipinski definition) is 4. The zero-order valence-corrected chi connectivity index (χ0v) is 12.4. The van der Waals surface area contributed by atoms with Gasteiger partial charge in [-0.1, -0.05) is 41.2 Å². The van der Waals surface area contributed by atoms with Gasteiger partial charge >= 0.3 is 0 Å². The van der Waals surface area contributed by atoms with Crippen LogP contribution in [-0.4, -0.2) is 15.7 Å². The van der Waals surface area contributed by atoms with E-state index in [9.17, 15) is 0 Å². The molecule has 2 N–H and O–H groups in total. The minimum absolute atomic E-state index is 0.199. The molecule has 1 saturated carbocycles. The number of benzene rings is 1. The number of nitrogens with zero attached hydrogens (tertiary/aromatic N) is 2. The lowest BCUT2D eigenvalue weighted by atomic mass is 9.95. The van der Waals surface area contributed by atoms with Gasteiger partial charge in [-0.2, -0.15) is 4.98 Å². The van der Waals surface area contributed by atoms with Crippen molar-refractivity contribution in [1.29, 1.82) is 0 Å². The maximum absolute atomic E-state index is 6.32. The predicted molar refractivity (Wildman–Crippen MR) is 78.8 cm³/mol. The third-order valence-corrected chi connectivity index (χ3v) is 4.13. The zero-order valence-electron chi connectivity index (χ0n) is 10.9. The van der Waals surface area contributed by atoms with E-state index >= 15 is 0 Å². The summed E-state index contributed by atoms with van der Waals surface area (Å²) in [6, 6.07) is 5.19. The zero-order chi connectivity index (χ0) is 14.2. The van der Waals surface area contributed by atoms with Gasteiger partial charge in [0.05, 0.1) is 0 Å². The summed E-state index contributed by atoms with van der Waals surface area (Å²) >= 11 is 12.0. The van der Waals surface area contributed by atoms with Crippen LogP contribution in [0, 0.1) is 0 Å². The van der Waals surface area contributed by atoms with Crippen LogP contribution in [0.3, 0.4) is 0 Å². The van der Waals surface area contributed by atoms with Crippen LogP contribution in [0.2, 0.25) is 10.0 Å². The monoisotopic (exact) mass is 311 g/mol. The average molecular weight is 312 g/mol. The van der Waals surface area contributed by atoms with Gasteiger partial charge in [-0.15, -0.1) is 0 Å². The molecule has 2 aromatic rings. The van der Waals surface area contributed by atoms with Crippen molar-refractivity contribution < 1.29 is 4.52 Å². The van der Waals surface area contributed by atoms with Gasteiger partial charge in [0.2, 0.25) is 11.7 Å². The summed E-state index contributed by atoms with van der Waals surface area (Å²) in [5.74, 6) is 1.06. The van der Waals surface area contributed by atoms with Crippen LogP contribution in [-0.2, 0) is 6.42 Å². The van der Waals surface area contributed by atoms with E-state index in [1.807, 2.05) is 0 Å². The lowest BCUT2D eigenvalue weighted by Crippen LogP contribution is -2.38. The fourth-order valence-electron chi connectivity index (χ4n) is 2.68. The highest BCUT2D eigenvalue weighted by molar-refractivity contribution is 6.35. The van der Waals surface area contributed by atoms with E-state index in [-0.39, 0.29) is 5.54 Å². The first-order valence-electron chi connectivity index (χ1n) is 6.62. The van der Waals surface area contributed by atoms with Crippen molar-refractivity contribution >= 4 is 23.2 Å². The Hall–Kier alpha value is -1.10. The first kappa shape index (κ1) is 13.9. The molecule has 1 aromatic carbocycles. The third-order valence-electron chi connectivity index (χ3n) is 3.69. The molecule has 3 rings (SSSR count). The highest BCUT2D eigenvalue weighted by atomic mass is 35.5. The first-order chi connectivity index (χ1) is 9.54. The fraction of sp³-hybridized carbons (Fsp3) is 0.429. The number of nitrogens with two attached hydrogens (primary N) is 1. The summed E-state index contributed by atoms with van der Waals surface area (Å²) in [6.45, 7) is 0. The maximum Gasteiger partial charge on any atom is 0.228 e. The molecule has 1 heterocycles. The summed E-state index contributed by atoms with van der Waals surface area (Å²) in [6.07, 6.45) is 4.97. The normalized spacial score (nSPS) is 17.6. The van der Waals surface area contributed by atoms with E-state index in [1.165, 1.54) is 12.8 Å². The smallest absolute Gasteiger partial charge is 0.228 e. The molecule has 106 valence electrons. The highest BCUT2D eigenvalue weighted by Crippen LogP contribution is 2.31. The maximum atomic E-state index is 6.32. The van der Waals surface area contributed by atoms with Gasteiger partial charge in [0, 0.05) is 27.6 Å². The molecule has 1 aliphatic rings. The lowest BCUT2D eigenvalue weighted by Gasteiger charge is -2.20. The summed E-state index contributed by atoms with van der Waals surface area (Å²) in [5, 5.41) is 5.08. The topological polar surface area (TPSA) is 64.9 Å². The molecule has 0 radical (unpaired) electrons. The Morgan fingerprint density at radius 3 is 2.45 bits per heavy atom. The largest absolute Gasteiger partial charge is 0.339 e. The van der Waals surface area contributed by atoms with E-state index in [0.717, 1.165) is 18.4 Å². The molecular formula is C14H15Cl2N3O. The summed E-state index contributed by atoms with van der Waals surface area (Å²) in [7, 11) is 0. The Morgan fingerprint density at radius 2 is 1.80 bits per heavy atom. The molecule has 20 heavy (non-hydrogen) atoms. The molecule has 4 nitrogen and oxygen atoms in total. The van der Waals surface area contributed by atoms with Crippen molar-refractivity contribution in [2.45, 2.75) is 37.6 Å². The predicted octanol–water partition coefficient (Wildman–Crippen LogP) is 3.86. The molecular weight excluding hydrogens is 297 g/mol. The van der Waals surface area contributed by atoms with Gasteiger partial charge in [0.15, 0.2) is 0 Å². The van der Waals surface area contributed by atoms with Crippen LogP contribution in [0.1, 0.15) is 31.6 Å². The number of rotatable bonds is 3. The number of hydrogen-bond donors (Lipinski definition) is 1. The van der Waals surface area contributed by atoms with E-state index in [4.69, 9.17) is 33.5 Å². The van der Waals surface area contributed by atoms with E-state index < -0.39 is 0 Å². The second kappa shape index (κ2) is 5.35. The molecule has 0 unspecified atom stereocenters. The van der Waals surface area contributed by atoms with Crippen molar-refractivity contribution in [3.63, 3.8) is 0 Å². The average Bonchev–Trinajstić information content (AvgIpc) is 2.98. The van der Waals surface area contributed by atoms with Gasteiger partial charge in [-0.25, -0.2) is 0 Å². The molecule has 0 aliphatic heterocycles. The molecule has 1 fully saturated rings. The van der Waals surface area contributed by atoms with Crippen LogP contribution in [0.15, 0.2) is 22.7 Å². The van der Waals surface area contributed by atoms with Gasteiger partial charge in [0.25, 0.3) is 0 Å². The van der Waals surface area contributed by atoms with Crippen molar-refractivity contribution in [1.82, 2.24) is 10.1 Å². The Bertz CT molecular complexity index is 600. The van der Waals surface area contributed by atoms with Gasteiger partial charge < -0.3 is 10.3 Å². The second-order valence-electron chi connectivity index (χ2n) is 5.42. The standard InChI is InChI=1S/C14H15Cl2N3O/c15-10-5-9(6-11(16)7-10)13-18-12(20-19-13)8-14(17)3-1-2-4-14/h5-7H,1-4,8,17H2. The van der Waals surface area contributed by atoms with Crippen molar-refractivity contribution in [2.24, 2.45) is 5.73 Å². The van der Waals surface area contributed by atoms with Crippen LogP contribution in [0.4, 0.5) is 0 Å². The van der Waals surface area contributed by atoms with Crippen molar-refractivity contribution in [2.75, 3.05) is 0 Å². The van der Waals surface area contributed by atoms with Gasteiger partial charge in [-0.3, -0.25) is 0 Å². The molecule has 1 aliphatic carbocycles. The van der Waals surface area contributed by atoms with Crippen molar-refractivity contribution in [3.05, 3.63) is 34.1 Å². The summed E-state index contributed by atoms with van der Waals surface area (Å²) < 4.78 is 5.30. The molecule has 0 atom stereocenters. The summed E-state index contributed by atoms with van der Waals surface area (Å²) in [5.41, 5.74) is 6.86. The van der Waals surface area contributed by atoms with Crippen LogP contribution >= 0.6 is 23.2 Å². The van der Waals surface area contributed by atoms with Gasteiger partial charge in [0.1, 0.15) is 0 Å². The fourth-order valence-corrected chi connectivity index (χ4v) is 3.21. The quantitative estimate of drug-likeness (QED) is 0.934. The number of aromatic nitrogens is 2. The molecule has 0 amide bonds. The third kappa shape index (κ3) is 2.97. The Morgan fingerprint density at radius 1 is 1.15 bits per heavy atom. The van der Waals surface area contributed by atoms with Crippen molar-refractivity contribution in [3.8, 4) is 11.4 Å². The first-order valence-corrected chi connectivity index (χ1v) is 7.38. The molecule has 0 spiro atoms.